The molecule has 0 amide bonds. The monoisotopic (exact) mass is 287 g/mol. The molecular weight excluding hydrogens is 262 g/mol. The molecule has 1 saturated heterocycles. The lowest BCUT2D eigenvalue weighted by Gasteiger charge is -2.29. The van der Waals surface area contributed by atoms with E-state index < -0.39 is 6.10 Å². The maximum Gasteiger partial charge on any atom is 0.0991 e. The molecule has 114 valence electrons. The van der Waals surface area contributed by atoms with Crippen LogP contribution in [0.15, 0.2) is 24.3 Å². The fourth-order valence-corrected chi connectivity index (χ4v) is 2.79. The van der Waals surface area contributed by atoms with E-state index in [1.54, 1.807) is 12.1 Å². The standard InChI is InChI=1S/C17H25N3O/c1-20-10-7-14(8-11-20)6-9-19-13-17(21)16-4-2-15(12-18)3-5-16/h2-5,14,17,19,21H,6-11,13H2,1H3. The van der Waals surface area contributed by atoms with Crippen molar-refractivity contribution in [1.82, 2.24) is 10.2 Å². The number of nitriles is 1. The van der Waals surface area contributed by atoms with E-state index in [0.29, 0.717) is 12.1 Å². The first-order valence-electron chi connectivity index (χ1n) is 7.76. The van der Waals surface area contributed by atoms with Crippen molar-refractivity contribution >= 4 is 0 Å². The van der Waals surface area contributed by atoms with Crippen molar-refractivity contribution in [3.05, 3.63) is 35.4 Å². The van der Waals surface area contributed by atoms with Crippen molar-refractivity contribution in [3.8, 4) is 6.07 Å². The van der Waals surface area contributed by atoms with Crippen LogP contribution >= 0.6 is 0 Å². The minimum Gasteiger partial charge on any atom is -0.387 e. The molecule has 1 aromatic rings. The third kappa shape index (κ3) is 5.13. The minimum absolute atomic E-state index is 0.504. The molecule has 1 unspecified atom stereocenters. The highest BCUT2D eigenvalue weighted by Crippen LogP contribution is 2.19. The molecule has 1 atom stereocenters. The lowest BCUT2D eigenvalue weighted by molar-refractivity contribution is 0.171. The second-order valence-electron chi connectivity index (χ2n) is 5.99. The van der Waals surface area contributed by atoms with E-state index in [1.807, 2.05) is 12.1 Å². The van der Waals surface area contributed by atoms with Crippen molar-refractivity contribution in [2.24, 2.45) is 5.92 Å². The lowest BCUT2D eigenvalue weighted by Crippen LogP contribution is -2.32. The summed E-state index contributed by atoms with van der Waals surface area (Å²) in [6.45, 7) is 3.94. The van der Waals surface area contributed by atoms with Gasteiger partial charge in [-0.15, -0.1) is 0 Å². The Balaban J connectivity index is 1.64. The quantitative estimate of drug-likeness (QED) is 0.785. The largest absolute Gasteiger partial charge is 0.387 e. The summed E-state index contributed by atoms with van der Waals surface area (Å²) in [5.74, 6) is 0.820. The number of aliphatic hydroxyl groups excluding tert-OH is 1. The molecule has 0 aliphatic carbocycles. The first-order valence-corrected chi connectivity index (χ1v) is 7.76. The normalized spacial score (nSPS) is 18.3. The van der Waals surface area contributed by atoms with Gasteiger partial charge in [0, 0.05) is 6.54 Å². The summed E-state index contributed by atoms with van der Waals surface area (Å²) in [5.41, 5.74) is 1.49. The molecule has 2 N–H and O–H groups in total. The number of nitrogens with zero attached hydrogens (tertiary/aromatic N) is 2. The molecule has 0 spiro atoms. The number of piperidine rings is 1. The Kier molecular flexibility index (Phi) is 6.19. The lowest BCUT2D eigenvalue weighted by atomic mass is 9.94. The molecule has 2 rings (SSSR count). The van der Waals surface area contributed by atoms with Crippen molar-refractivity contribution in [3.63, 3.8) is 0 Å². The van der Waals surface area contributed by atoms with Gasteiger partial charge in [0.1, 0.15) is 0 Å². The van der Waals surface area contributed by atoms with Gasteiger partial charge in [0.25, 0.3) is 0 Å². The molecular formula is C17H25N3O. The van der Waals surface area contributed by atoms with Crippen LogP contribution in [-0.4, -0.2) is 43.2 Å². The molecule has 1 aliphatic heterocycles. The predicted octanol–water partition coefficient (Wildman–Crippen LogP) is 1.91. The highest BCUT2D eigenvalue weighted by atomic mass is 16.3. The maximum absolute atomic E-state index is 10.1. The molecule has 1 heterocycles. The van der Waals surface area contributed by atoms with Crippen LogP contribution in [0.4, 0.5) is 0 Å². The van der Waals surface area contributed by atoms with Crippen molar-refractivity contribution in [2.45, 2.75) is 25.4 Å². The van der Waals surface area contributed by atoms with Crippen LogP contribution < -0.4 is 5.32 Å². The van der Waals surface area contributed by atoms with E-state index in [1.165, 1.54) is 32.4 Å². The molecule has 1 aliphatic rings. The van der Waals surface area contributed by atoms with Crippen LogP contribution in [0.25, 0.3) is 0 Å². The van der Waals surface area contributed by atoms with Gasteiger partial charge in [0.2, 0.25) is 0 Å². The Morgan fingerprint density at radius 1 is 1.33 bits per heavy atom. The van der Waals surface area contributed by atoms with Crippen molar-refractivity contribution < 1.29 is 5.11 Å². The molecule has 21 heavy (non-hydrogen) atoms. The Bertz CT molecular complexity index is 458. The van der Waals surface area contributed by atoms with Gasteiger partial charge < -0.3 is 15.3 Å². The number of benzene rings is 1. The summed E-state index contributed by atoms with van der Waals surface area (Å²) in [5, 5.41) is 22.2. The summed E-state index contributed by atoms with van der Waals surface area (Å²) in [6, 6.07) is 9.22. The number of aliphatic hydroxyl groups is 1. The van der Waals surface area contributed by atoms with Gasteiger partial charge in [-0.1, -0.05) is 12.1 Å². The molecule has 0 aromatic heterocycles. The number of hydrogen-bond acceptors (Lipinski definition) is 4. The number of nitrogens with one attached hydrogen (secondary N) is 1. The zero-order valence-electron chi connectivity index (χ0n) is 12.8. The van der Waals surface area contributed by atoms with Gasteiger partial charge in [-0.05, 0) is 69.6 Å². The third-order valence-electron chi connectivity index (χ3n) is 4.33. The van der Waals surface area contributed by atoms with Crippen molar-refractivity contribution in [1.29, 1.82) is 5.26 Å². The van der Waals surface area contributed by atoms with Gasteiger partial charge in [-0.3, -0.25) is 0 Å². The van der Waals surface area contributed by atoms with E-state index in [2.05, 4.69) is 23.3 Å². The van der Waals surface area contributed by atoms with Crippen molar-refractivity contribution in [2.75, 3.05) is 33.2 Å². The van der Waals surface area contributed by atoms with E-state index >= 15 is 0 Å². The highest BCUT2D eigenvalue weighted by molar-refractivity contribution is 5.32. The minimum atomic E-state index is -0.504. The molecule has 4 nitrogen and oxygen atoms in total. The van der Waals surface area contributed by atoms with Gasteiger partial charge in [0.15, 0.2) is 0 Å². The van der Waals surface area contributed by atoms with Gasteiger partial charge in [-0.25, -0.2) is 0 Å². The fraction of sp³-hybridized carbons (Fsp3) is 0.588. The summed E-state index contributed by atoms with van der Waals surface area (Å²) in [7, 11) is 2.18. The Labute approximate surface area is 127 Å². The first kappa shape index (κ1) is 16.0. The van der Waals surface area contributed by atoms with Crippen LogP contribution in [0.2, 0.25) is 0 Å². The summed E-state index contributed by atoms with van der Waals surface area (Å²) >= 11 is 0. The molecule has 1 fully saturated rings. The number of rotatable bonds is 6. The maximum atomic E-state index is 10.1. The van der Waals surface area contributed by atoms with Gasteiger partial charge in [0.05, 0.1) is 17.7 Å². The Morgan fingerprint density at radius 3 is 2.62 bits per heavy atom. The second kappa shape index (κ2) is 8.14. The molecule has 1 aromatic carbocycles. The number of likely N-dealkylation sites (tertiary alicyclic amines) is 1. The fourth-order valence-electron chi connectivity index (χ4n) is 2.79. The van der Waals surface area contributed by atoms with Gasteiger partial charge in [-0.2, -0.15) is 5.26 Å². The average Bonchev–Trinajstić information content (AvgIpc) is 2.53. The Morgan fingerprint density at radius 2 is 2.00 bits per heavy atom. The zero-order chi connectivity index (χ0) is 15.1. The van der Waals surface area contributed by atoms with Crippen LogP contribution in [-0.2, 0) is 0 Å². The summed E-state index contributed by atoms with van der Waals surface area (Å²) in [4.78, 5) is 2.39. The predicted molar refractivity (Wildman–Crippen MR) is 83.8 cm³/mol. The van der Waals surface area contributed by atoms with Crippen LogP contribution in [0.5, 0.6) is 0 Å². The first-order chi connectivity index (χ1) is 10.2. The molecule has 4 heteroatoms. The summed E-state index contributed by atoms with van der Waals surface area (Å²) < 4.78 is 0. The third-order valence-corrected chi connectivity index (χ3v) is 4.33. The van der Waals surface area contributed by atoms with Crippen LogP contribution in [0.3, 0.4) is 0 Å². The van der Waals surface area contributed by atoms with E-state index in [0.717, 1.165) is 18.0 Å². The van der Waals surface area contributed by atoms with E-state index in [-0.39, 0.29) is 0 Å². The molecule has 0 bridgehead atoms. The molecule has 0 radical (unpaired) electrons. The molecule has 0 saturated carbocycles. The Hall–Kier alpha value is -1.41. The highest BCUT2D eigenvalue weighted by Gasteiger charge is 2.16. The zero-order valence-corrected chi connectivity index (χ0v) is 12.8. The van der Waals surface area contributed by atoms with Crippen LogP contribution in [0.1, 0.15) is 36.5 Å². The number of hydrogen-bond donors (Lipinski definition) is 2. The van der Waals surface area contributed by atoms with E-state index in [4.69, 9.17) is 5.26 Å². The van der Waals surface area contributed by atoms with Gasteiger partial charge >= 0.3 is 0 Å². The topological polar surface area (TPSA) is 59.3 Å². The average molecular weight is 287 g/mol. The van der Waals surface area contributed by atoms with E-state index in [9.17, 15) is 5.11 Å². The van der Waals surface area contributed by atoms with Crippen LogP contribution in [0, 0.1) is 17.2 Å². The second-order valence-corrected chi connectivity index (χ2v) is 5.99. The summed E-state index contributed by atoms with van der Waals surface area (Å²) in [6.07, 6.45) is 3.26. The smallest absolute Gasteiger partial charge is 0.0991 e. The SMILES string of the molecule is CN1CCC(CCNCC(O)c2ccc(C#N)cc2)CC1.